The molecule has 3 rings (SSSR count). The minimum atomic E-state index is -1.98. The number of hydrogen-bond acceptors (Lipinski definition) is 0. The van der Waals surface area contributed by atoms with Gasteiger partial charge in [0.15, 0.2) is 0 Å². The number of benzene rings is 3. The van der Waals surface area contributed by atoms with Crippen molar-refractivity contribution in [2.75, 3.05) is 0 Å². The summed E-state index contributed by atoms with van der Waals surface area (Å²) in [6, 6.07) is 32.9. The Kier molecular flexibility index (Phi) is 5.39. The fourth-order valence-electron chi connectivity index (χ4n) is 2.31. The molecular weight excluding hydrogens is 351 g/mol. The van der Waals surface area contributed by atoms with E-state index < -0.39 is 19.8 Å². The molecule has 0 saturated heterocycles. The molecule has 0 saturated carbocycles. The molecule has 0 bridgehead atoms. The van der Waals surface area contributed by atoms with Crippen molar-refractivity contribution in [1.82, 2.24) is 0 Å². The van der Waals surface area contributed by atoms with Gasteiger partial charge in [-0.05, 0) is 0 Å². The Morgan fingerprint density at radius 1 is 0.400 bits per heavy atom. The summed E-state index contributed by atoms with van der Waals surface area (Å²) in [5.74, 6) is 0. The fraction of sp³-hybridized carbons (Fsp3) is 0. The molecule has 2 heteroatoms. The first-order valence-corrected chi connectivity index (χ1v) is 10.8. The van der Waals surface area contributed by atoms with Crippen LogP contribution in [0.2, 0.25) is 0 Å². The molecule has 1 nitrogen and oxygen atoms in total. The predicted molar refractivity (Wildman–Crippen MR) is 87.6 cm³/mol. The van der Waals surface area contributed by atoms with Crippen LogP contribution in [-0.2, 0) is 0 Å². The molecule has 0 fully saturated rings. The van der Waals surface area contributed by atoms with Gasteiger partial charge in [0.1, 0.15) is 0 Å². The third-order valence-corrected chi connectivity index (χ3v) is 11.0. The van der Waals surface area contributed by atoms with Crippen LogP contribution in [0, 0.1) is 0 Å². The van der Waals surface area contributed by atoms with Crippen LogP contribution in [0.15, 0.2) is 91.0 Å². The van der Waals surface area contributed by atoms with Gasteiger partial charge in [0, 0.05) is 0 Å². The topological polar surface area (TPSA) is 31.5 Å². The van der Waals surface area contributed by atoms with E-state index in [2.05, 4.69) is 91.0 Å². The summed E-state index contributed by atoms with van der Waals surface area (Å²) in [6.07, 6.45) is 0. The molecule has 0 heterocycles. The van der Waals surface area contributed by atoms with Crippen molar-refractivity contribution in [3.05, 3.63) is 91.0 Å². The minimum absolute atomic E-state index is 0. The number of rotatable bonds is 3. The van der Waals surface area contributed by atoms with Crippen LogP contribution in [-0.4, -0.2) is 25.2 Å². The van der Waals surface area contributed by atoms with Gasteiger partial charge in [-0.2, -0.15) is 0 Å². The van der Waals surface area contributed by atoms with E-state index in [1.807, 2.05) is 0 Å². The van der Waals surface area contributed by atoms with Crippen LogP contribution in [0.5, 0.6) is 0 Å². The quantitative estimate of drug-likeness (QED) is 0.626. The summed E-state index contributed by atoms with van der Waals surface area (Å²) in [5, 5.41) is 0. The van der Waals surface area contributed by atoms with E-state index in [0.717, 1.165) is 0 Å². The summed E-state index contributed by atoms with van der Waals surface area (Å²) in [4.78, 5) is 0. The van der Waals surface area contributed by atoms with Gasteiger partial charge in [0.25, 0.3) is 0 Å². The molecule has 3 aromatic carbocycles. The Hall–Kier alpha value is -1.58. The van der Waals surface area contributed by atoms with E-state index in [9.17, 15) is 0 Å². The Morgan fingerprint density at radius 2 is 0.650 bits per heavy atom. The van der Waals surface area contributed by atoms with E-state index in [4.69, 9.17) is 0 Å². The van der Waals surface area contributed by atoms with Crippen molar-refractivity contribution < 1.29 is 5.48 Å². The van der Waals surface area contributed by atoms with Crippen molar-refractivity contribution >= 4 is 30.5 Å². The van der Waals surface area contributed by atoms with Crippen LogP contribution in [0.25, 0.3) is 0 Å². The zero-order chi connectivity index (χ0) is 12.9. The molecule has 1 radical (unpaired) electrons. The van der Waals surface area contributed by atoms with Gasteiger partial charge < -0.3 is 5.48 Å². The van der Waals surface area contributed by atoms with Crippen LogP contribution >= 0.6 is 0 Å². The second-order valence-electron chi connectivity index (χ2n) is 4.47. The SMILES string of the molecule is O.c1cc[c]([Sn]([c]2ccccc2)[c]2ccccc2)cc1. The van der Waals surface area contributed by atoms with Gasteiger partial charge in [-0.15, -0.1) is 0 Å². The molecule has 0 unspecified atom stereocenters. The zero-order valence-electron chi connectivity index (χ0n) is 11.2. The summed E-state index contributed by atoms with van der Waals surface area (Å²) in [6.45, 7) is 0. The average Bonchev–Trinajstić information content (AvgIpc) is 2.51. The van der Waals surface area contributed by atoms with E-state index in [1.165, 1.54) is 10.7 Å². The van der Waals surface area contributed by atoms with E-state index in [-0.39, 0.29) is 5.48 Å². The number of hydrogen-bond donors (Lipinski definition) is 0. The first-order chi connectivity index (χ1) is 9.45. The molecular formula is C18H17OSn. The molecule has 0 amide bonds. The first kappa shape index (κ1) is 14.8. The van der Waals surface area contributed by atoms with Gasteiger partial charge >= 0.3 is 121 Å². The molecule has 0 atom stereocenters. The Balaban J connectivity index is 0.00000147. The third-order valence-electron chi connectivity index (χ3n) is 3.19. The van der Waals surface area contributed by atoms with Crippen LogP contribution in [0.1, 0.15) is 0 Å². The van der Waals surface area contributed by atoms with E-state index in [0.29, 0.717) is 0 Å². The fourth-order valence-corrected chi connectivity index (χ4v) is 9.67. The molecule has 3 aromatic rings. The maximum absolute atomic E-state index is 2.29. The Labute approximate surface area is 127 Å². The summed E-state index contributed by atoms with van der Waals surface area (Å²) in [7, 11) is 0. The summed E-state index contributed by atoms with van der Waals surface area (Å²) in [5.41, 5.74) is 0. The monoisotopic (exact) mass is 369 g/mol. The molecule has 0 aliphatic rings. The molecule has 99 valence electrons. The van der Waals surface area contributed by atoms with Gasteiger partial charge in [0.05, 0.1) is 0 Å². The molecule has 0 spiro atoms. The molecule has 0 aliphatic heterocycles. The van der Waals surface area contributed by atoms with Gasteiger partial charge in [-0.1, -0.05) is 0 Å². The summed E-state index contributed by atoms with van der Waals surface area (Å²) < 4.78 is 4.59. The van der Waals surface area contributed by atoms with Gasteiger partial charge in [-0.3, -0.25) is 0 Å². The van der Waals surface area contributed by atoms with E-state index >= 15 is 0 Å². The van der Waals surface area contributed by atoms with Crippen molar-refractivity contribution in [2.45, 2.75) is 0 Å². The first-order valence-electron chi connectivity index (χ1n) is 6.48. The molecule has 0 aromatic heterocycles. The molecule has 2 N–H and O–H groups in total. The average molecular weight is 368 g/mol. The second kappa shape index (κ2) is 7.27. The normalized spacial score (nSPS) is 10.1. The van der Waals surface area contributed by atoms with Crippen molar-refractivity contribution in [3.8, 4) is 0 Å². The second-order valence-corrected chi connectivity index (χ2v) is 11.6. The third kappa shape index (κ3) is 3.29. The van der Waals surface area contributed by atoms with Crippen molar-refractivity contribution in [3.63, 3.8) is 0 Å². The molecule has 20 heavy (non-hydrogen) atoms. The maximum atomic E-state index is 2.29. The van der Waals surface area contributed by atoms with Gasteiger partial charge in [-0.25, -0.2) is 0 Å². The standard InChI is InChI=1S/3C6H5.H2O.Sn/c3*1-2-4-6-5-3-1;;/h3*1-5H;1H2;. The molecule has 0 aliphatic carbocycles. The Morgan fingerprint density at radius 3 is 0.900 bits per heavy atom. The van der Waals surface area contributed by atoms with Crippen molar-refractivity contribution in [2.24, 2.45) is 0 Å². The van der Waals surface area contributed by atoms with Crippen molar-refractivity contribution in [1.29, 1.82) is 0 Å². The van der Waals surface area contributed by atoms with Crippen LogP contribution < -0.4 is 10.7 Å². The van der Waals surface area contributed by atoms with Crippen LogP contribution in [0.4, 0.5) is 0 Å². The van der Waals surface area contributed by atoms with E-state index in [1.54, 1.807) is 0 Å². The van der Waals surface area contributed by atoms with Gasteiger partial charge in [0.2, 0.25) is 0 Å². The summed E-state index contributed by atoms with van der Waals surface area (Å²) >= 11 is -1.98. The van der Waals surface area contributed by atoms with Crippen LogP contribution in [0.3, 0.4) is 0 Å². The zero-order valence-corrected chi connectivity index (χ0v) is 14.0. The Bertz CT molecular complexity index is 529. The predicted octanol–water partition coefficient (Wildman–Crippen LogP) is 1.38.